The summed E-state index contributed by atoms with van der Waals surface area (Å²) in [4.78, 5) is 17.1. The van der Waals surface area contributed by atoms with Gasteiger partial charge in [-0.25, -0.2) is 4.98 Å². The number of hydrogen-bond acceptors (Lipinski definition) is 5. The van der Waals surface area contributed by atoms with Gasteiger partial charge in [-0.2, -0.15) is 0 Å². The summed E-state index contributed by atoms with van der Waals surface area (Å²) in [6.07, 6.45) is 0. The van der Waals surface area contributed by atoms with Gasteiger partial charge < -0.3 is 14.5 Å². The fourth-order valence-electron chi connectivity index (χ4n) is 3.32. The van der Waals surface area contributed by atoms with Crippen molar-refractivity contribution in [3.05, 3.63) is 76.8 Å². The van der Waals surface area contributed by atoms with Gasteiger partial charge in [0.15, 0.2) is 10.7 Å². The number of halogens is 1. The van der Waals surface area contributed by atoms with Crippen molar-refractivity contribution in [2.75, 3.05) is 12.4 Å². The van der Waals surface area contributed by atoms with Crippen LogP contribution >= 0.6 is 23.8 Å². The largest absolute Gasteiger partial charge is 0.495 e. The van der Waals surface area contributed by atoms with E-state index in [0.717, 1.165) is 11.1 Å². The topological polar surface area (TPSA) is 76.4 Å². The monoisotopic (exact) mass is 479 g/mol. The van der Waals surface area contributed by atoms with Crippen LogP contribution in [0.2, 0.25) is 5.02 Å². The van der Waals surface area contributed by atoms with Gasteiger partial charge in [0.1, 0.15) is 11.3 Å². The van der Waals surface area contributed by atoms with E-state index in [1.54, 1.807) is 37.4 Å². The number of hydrogen-bond donors (Lipinski definition) is 2. The van der Waals surface area contributed by atoms with Crippen LogP contribution in [-0.2, 0) is 0 Å². The van der Waals surface area contributed by atoms with Crippen LogP contribution < -0.4 is 15.4 Å². The van der Waals surface area contributed by atoms with Gasteiger partial charge in [-0.05, 0) is 72.2 Å². The molecule has 0 fully saturated rings. The fourth-order valence-corrected chi connectivity index (χ4v) is 3.72. The van der Waals surface area contributed by atoms with Gasteiger partial charge in [0, 0.05) is 16.1 Å². The molecule has 33 heavy (non-hydrogen) atoms. The van der Waals surface area contributed by atoms with Crippen molar-refractivity contribution in [1.29, 1.82) is 0 Å². The van der Waals surface area contributed by atoms with E-state index in [0.29, 0.717) is 39.4 Å². The summed E-state index contributed by atoms with van der Waals surface area (Å²) < 4.78 is 11.4. The molecule has 0 aliphatic carbocycles. The van der Waals surface area contributed by atoms with Gasteiger partial charge in [-0.1, -0.05) is 37.6 Å². The number of ether oxygens (including phenoxy) is 1. The highest BCUT2D eigenvalue weighted by atomic mass is 35.5. The maximum Gasteiger partial charge on any atom is 0.257 e. The lowest BCUT2D eigenvalue weighted by molar-refractivity contribution is 0.0977. The highest BCUT2D eigenvalue weighted by Gasteiger charge is 2.15. The summed E-state index contributed by atoms with van der Waals surface area (Å²) >= 11 is 11.3. The van der Waals surface area contributed by atoms with E-state index in [1.165, 1.54) is 5.56 Å². The highest BCUT2D eigenvalue weighted by molar-refractivity contribution is 7.80. The second kappa shape index (κ2) is 9.60. The second-order valence-corrected chi connectivity index (χ2v) is 8.58. The van der Waals surface area contributed by atoms with Gasteiger partial charge in [-0.3, -0.25) is 10.1 Å². The van der Waals surface area contributed by atoms with E-state index in [1.807, 2.05) is 30.3 Å². The zero-order chi connectivity index (χ0) is 23.5. The third-order valence-corrected chi connectivity index (χ3v) is 5.53. The number of nitrogens with zero attached hydrogens (tertiary/aromatic N) is 1. The van der Waals surface area contributed by atoms with E-state index in [-0.39, 0.29) is 11.0 Å². The SMILES string of the molecule is COc1ccc(-c2nc3cc(C(C)C)ccc3o2)cc1NC(=S)NC(=O)c1cccc(Cl)c1. The van der Waals surface area contributed by atoms with Crippen LogP contribution in [0.1, 0.15) is 35.7 Å². The summed E-state index contributed by atoms with van der Waals surface area (Å²) in [5.74, 6) is 1.06. The Morgan fingerprint density at radius 1 is 1.12 bits per heavy atom. The van der Waals surface area contributed by atoms with Crippen molar-refractivity contribution in [3.8, 4) is 17.2 Å². The number of fused-ring (bicyclic) bond motifs is 1. The van der Waals surface area contributed by atoms with E-state index in [9.17, 15) is 4.79 Å². The normalized spacial score (nSPS) is 10.9. The predicted octanol–water partition coefficient (Wildman–Crippen LogP) is 6.41. The predicted molar refractivity (Wildman–Crippen MR) is 135 cm³/mol. The van der Waals surface area contributed by atoms with Crippen molar-refractivity contribution in [1.82, 2.24) is 10.3 Å². The Hall–Kier alpha value is -3.42. The van der Waals surface area contributed by atoms with Gasteiger partial charge in [0.05, 0.1) is 12.8 Å². The molecule has 0 unspecified atom stereocenters. The van der Waals surface area contributed by atoms with Gasteiger partial charge in [-0.15, -0.1) is 0 Å². The Kier molecular flexibility index (Phi) is 6.62. The lowest BCUT2D eigenvalue weighted by Gasteiger charge is -2.13. The van der Waals surface area contributed by atoms with E-state index >= 15 is 0 Å². The van der Waals surface area contributed by atoms with Gasteiger partial charge in [0.2, 0.25) is 5.89 Å². The van der Waals surface area contributed by atoms with Crippen molar-refractivity contribution in [2.45, 2.75) is 19.8 Å². The Morgan fingerprint density at radius 2 is 1.94 bits per heavy atom. The quantitative estimate of drug-likeness (QED) is 0.322. The molecule has 6 nitrogen and oxygen atoms in total. The molecule has 1 amide bonds. The number of aromatic nitrogens is 1. The summed E-state index contributed by atoms with van der Waals surface area (Å²) in [7, 11) is 1.56. The molecular formula is C25H22ClN3O3S. The first kappa shape index (κ1) is 22.8. The fraction of sp³-hybridized carbons (Fsp3) is 0.160. The van der Waals surface area contributed by atoms with Gasteiger partial charge in [0.25, 0.3) is 5.91 Å². The first-order valence-electron chi connectivity index (χ1n) is 10.3. The lowest BCUT2D eigenvalue weighted by Crippen LogP contribution is -2.34. The molecule has 0 aliphatic heterocycles. The number of methoxy groups -OCH3 is 1. The Balaban J connectivity index is 1.57. The molecule has 0 saturated carbocycles. The minimum absolute atomic E-state index is 0.120. The molecule has 0 spiro atoms. The molecule has 4 rings (SSSR count). The van der Waals surface area contributed by atoms with Crippen molar-refractivity contribution in [2.24, 2.45) is 0 Å². The molecule has 3 aromatic carbocycles. The van der Waals surface area contributed by atoms with E-state index in [2.05, 4.69) is 29.5 Å². The second-order valence-electron chi connectivity index (χ2n) is 7.73. The Bertz CT molecular complexity index is 1350. The number of rotatable bonds is 5. The van der Waals surface area contributed by atoms with Crippen molar-refractivity contribution < 1.29 is 13.9 Å². The number of amides is 1. The maximum atomic E-state index is 12.5. The zero-order valence-corrected chi connectivity index (χ0v) is 19.9. The molecule has 0 aliphatic rings. The minimum Gasteiger partial charge on any atom is -0.495 e. The molecule has 1 heterocycles. The summed E-state index contributed by atoms with van der Waals surface area (Å²) in [5, 5.41) is 6.25. The first-order valence-corrected chi connectivity index (χ1v) is 11.1. The van der Waals surface area contributed by atoms with Gasteiger partial charge >= 0.3 is 0 Å². The molecule has 4 aromatic rings. The standard InChI is InChI=1S/C25H22ClN3O3S/c1-14(2)15-7-10-22-20(12-15)27-24(32-22)17-8-9-21(31-3)19(13-17)28-25(33)29-23(30)16-5-4-6-18(26)11-16/h4-14H,1-3H3,(H2,28,29,30,33). The molecule has 1 aromatic heterocycles. The number of oxazole rings is 1. The third-order valence-electron chi connectivity index (χ3n) is 5.09. The summed E-state index contributed by atoms with van der Waals surface area (Å²) in [5.41, 5.74) is 4.41. The molecule has 0 atom stereocenters. The molecule has 168 valence electrons. The molecule has 8 heteroatoms. The molecule has 0 bridgehead atoms. The molecular weight excluding hydrogens is 458 g/mol. The number of carbonyl (C=O) groups is 1. The van der Waals surface area contributed by atoms with Crippen LogP contribution in [0.4, 0.5) is 5.69 Å². The minimum atomic E-state index is -0.370. The summed E-state index contributed by atoms with van der Waals surface area (Å²) in [6, 6.07) is 18.1. The van der Waals surface area contributed by atoms with E-state index in [4.69, 9.17) is 33.0 Å². The molecule has 0 saturated heterocycles. The number of thiocarbonyl (C=S) groups is 1. The van der Waals surface area contributed by atoms with Crippen LogP contribution in [0.25, 0.3) is 22.6 Å². The molecule has 0 radical (unpaired) electrons. The van der Waals surface area contributed by atoms with Crippen LogP contribution in [0.3, 0.4) is 0 Å². The van der Waals surface area contributed by atoms with Crippen molar-refractivity contribution in [3.63, 3.8) is 0 Å². The number of carbonyl (C=O) groups excluding carboxylic acids is 1. The first-order chi connectivity index (χ1) is 15.8. The zero-order valence-electron chi connectivity index (χ0n) is 18.3. The smallest absolute Gasteiger partial charge is 0.257 e. The van der Waals surface area contributed by atoms with Crippen LogP contribution in [-0.4, -0.2) is 23.1 Å². The highest BCUT2D eigenvalue weighted by Crippen LogP contribution is 2.32. The average molecular weight is 480 g/mol. The number of benzene rings is 3. The number of nitrogens with one attached hydrogen (secondary N) is 2. The van der Waals surface area contributed by atoms with Crippen LogP contribution in [0, 0.1) is 0 Å². The molecule has 2 N–H and O–H groups in total. The van der Waals surface area contributed by atoms with E-state index < -0.39 is 0 Å². The van der Waals surface area contributed by atoms with Crippen molar-refractivity contribution >= 4 is 51.6 Å². The number of anilines is 1. The Labute approximate surface area is 201 Å². The van der Waals surface area contributed by atoms with Crippen LogP contribution in [0.15, 0.2) is 65.1 Å². The summed E-state index contributed by atoms with van der Waals surface area (Å²) in [6.45, 7) is 4.27. The average Bonchev–Trinajstić information content (AvgIpc) is 3.22. The lowest BCUT2D eigenvalue weighted by atomic mass is 10.0. The Morgan fingerprint density at radius 3 is 2.67 bits per heavy atom. The third kappa shape index (κ3) is 5.16. The maximum absolute atomic E-state index is 12.5. The van der Waals surface area contributed by atoms with Crippen LogP contribution in [0.5, 0.6) is 5.75 Å².